The van der Waals surface area contributed by atoms with Gasteiger partial charge in [-0.05, 0) is 68.3 Å². The van der Waals surface area contributed by atoms with E-state index in [1.54, 1.807) is 48.5 Å². The molecule has 0 saturated heterocycles. The van der Waals surface area contributed by atoms with E-state index in [1.165, 1.54) is 0 Å². The number of amides is 3. The number of anilines is 2. The van der Waals surface area contributed by atoms with Crippen LogP contribution in [0.1, 0.15) is 49.4 Å². The summed E-state index contributed by atoms with van der Waals surface area (Å²) in [5.74, 6) is -0.963. The van der Waals surface area contributed by atoms with Crippen LogP contribution in [0.4, 0.5) is 11.4 Å². The van der Waals surface area contributed by atoms with Gasteiger partial charge in [0.2, 0.25) is 5.91 Å². The van der Waals surface area contributed by atoms with E-state index >= 15 is 0 Å². The number of rotatable bonds is 10. The predicted molar refractivity (Wildman–Crippen MR) is 131 cm³/mol. The van der Waals surface area contributed by atoms with Gasteiger partial charge in [-0.2, -0.15) is 0 Å². The number of esters is 1. The second-order valence-electron chi connectivity index (χ2n) is 8.25. The lowest BCUT2D eigenvalue weighted by Crippen LogP contribution is -2.36. The van der Waals surface area contributed by atoms with E-state index in [2.05, 4.69) is 16.0 Å². The molecule has 0 aliphatic heterocycles. The lowest BCUT2D eigenvalue weighted by Gasteiger charge is -2.20. The van der Waals surface area contributed by atoms with E-state index < -0.39 is 18.5 Å². The minimum Gasteiger partial charge on any atom is -0.494 e. The summed E-state index contributed by atoms with van der Waals surface area (Å²) in [6, 6.07) is 13.4. The minimum atomic E-state index is -0.675. The Morgan fingerprint density at radius 2 is 1.49 bits per heavy atom. The zero-order valence-electron chi connectivity index (χ0n) is 19.8. The van der Waals surface area contributed by atoms with Crippen molar-refractivity contribution in [2.24, 2.45) is 5.92 Å². The Kier molecular flexibility index (Phi) is 9.65. The third kappa shape index (κ3) is 8.44. The predicted octanol–water partition coefficient (Wildman–Crippen LogP) is 3.52. The molecule has 0 unspecified atom stereocenters. The Morgan fingerprint density at radius 3 is 2.14 bits per heavy atom. The van der Waals surface area contributed by atoms with Crippen LogP contribution in [0.5, 0.6) is 5.75 Å². The second-order valence-corrected chi connectivity index (χ2v) is 8.25. The highest BCUT2D eigenvalue weighted by atomic mass is 16.5. The maximum atomic E-state index is 12.4. The molecule has 186 valence electrons. The maximum Gasteiger partial charge on any atom is 0.325 e. The Bertz CT molecular complexity index is 1010. The molecule has 0 atom stereocenters. The molecule has 1 saturated carbocycles. The van der Waals surface area contributed by atoms with Gasteiger partial charge in [-0.25, -0.2) is 0 Å². The topological polar surface area (TPSA) is 123 Å². The average molecular weight is 482 g/mol. The molecule has 1 fully saturated rings. The monoisotopic (exact) mass is 481 g/mol. The first kappa shape index (κ1) is 25.7. The molecule has 0 heterocycles. The summed E-state index contributed by atoms with van der Waals surface area (Å²) in [5, 5.41) is 7.97. The van der Waals surface area contributed by atoms with Gasteiger partial charge in [-0.3, -0.25) is 19.2 Å². The summed E-state index contributed by atoms with van der Waals surface area (Å²) in [4.78, 5) is 48.4. The van der Waals surface area contributed by atoms with Crippen molar-refractivity contribution in [3.8, 4) is 5.75 Å². The standard InChI is InChI=1S/C26H31N3O6/c1-2-34-22-14-12-21(13-15-22)29-26(33)19-8-10-20(11-9-19)28-23(30)17-35-24(31)16-27-25(32)18-6-4-3-5-7-18/h8-15,18H,2-7,16-17H2,1H3,(H,27,32)(H,28,30)(H,29,33). The van der Waals surface area contributed by atoms with Gasteiger partial charge in [0.15, 0.2) is 6.61 Å². The van der Waals surface area contributed by atoms with Crippen molar-refractivity contribution in [1.29, 1.82) is 0 Å². The van der Waals surface area contributed by atoms with Gasteiger partial charge in [0.25, 0.3) is 11.8 Å². The van der Waals surface area contributed by atoms with Crippen molar-refractivity contribution in [3.05, 3.63) is 54.1 Å². The molecule has 1 aliphatic carbocycles. The third-order valence-electron chi connectivity index (χ3n) is 5.60. The molecule has 2 aromatic carbocycles. The van der Waals surface area contributed by atoms with Crippen molar-refractivity contribution in [2.75, 3.05) is 30.4 Å². The van der Waals surface area contributed by atoms with Crippen LogP contribution in [0.25, 0.3) is 0 Å². The molecular weight excluding hydrogens is 450 g/mol. The van der Waals surface area contributed by atoms with E-state index in [0.717, 1.165) is 37.9 Å². The SMILES string of the molecule is CCOc1ccc(NC(=O)c2ccc(NC(=O)COC(=O)CNC(=O)C3CCCCC3)cc2)cc1. The van der Waals surface area contributed by atoms with E-state index in [0.29, 0.717) is 23.5 Å². The summed E-state index contributed by atoms with van der Waals surface area (Å²) in [6.07, 6.45) is 4.87. The maximum absolute atomic E-state index is 12.4. The van der Waals surface area contributed by atoms with Crippen molar-refractivity contribution in [2.45, 2.75) is 39.0 Å². The molecule has 1 aliphatic rings. The number of nitrogens with one attached hydrogen (secondary N) is 3. The Balaban J connectivity index is 1.38. The summed E-state index contributed by atoms with van der Waals surface area (Å²) in [5.41, 5.74) is 1.50. The van der Waals surface area contributed by atoms with Crippen LogP contribution in [0, 0.1) is 5.92 Å². The van der Waals surface area contributed by atoms with Crippen LogP contribution in [0.3, 0.4) is 0 Å². The van der Waals surface area contributed by atoms with Crippen molar-refractivity contribution >= 4 is 35.1 Å². The molecular formula is C26H31N3O6. The molecule has 3 N–H and O–H groups in total. The zero-order valence-corrected chi connectivity index (χ0v) is 19.8. The Morgan fingerprint density at radius 1 is 0.857 bits per heavy atom. The number of hydrogen-bond acceptors (Lipinski definition) is 6. The largest absolute Gasteiger partial charge is 0.494 e. The van der Waals surface area contributed by atoms with Crippen LogP contribution >= 0.6 is 0 Å². The second kappa shape index (κ2) is 13.1. The number of carbonyl (C=O) groups excluding carboxylic acids is 4. The molecule has 2 aromatic rings. The summed E-state index contributed by atoms with van der Waals surface area (Å²) < 4.78 is 10.3. The van der Waals surface area contributed by atoms with Gasteiger partial charge in [-0.15, -0.1) is 0 Å². The lowest BCUT2D eigenvalue weighted by atomic mass is 9.89. The molecule has 3 amide bonds. The average Bonchev–Trinajstić information content (AvgIpc) is 2.88. The Hall–Kier alpha value is -3.88. The van der Waals surface area contributed by atoms with E-state index in [9.17, 15) is 19.2 Å². The summed E-state index contributed by atoms with van der Waals surface area (Å²) in [6.45, 7) is 1.73. The highest BCUT2D eigenvalue weighted by Crippen LogP contribution is 2.23. The van der Waals surface area contributed by atoms with Crippen LogP contribution in [-0.4, -0.2) is 43.4 Å². The smallest absolute Gasteiger partial charge is 0.325 e. The highest BCUT2D eigenvalue weighted by Gasteiger charge is 2.21. The first-order valence-electron chi connectivity index (χ1n) is 11.8. The molecule has 0 aromatic heterocycles. The van der Waals surface area contributed by atoms with Crippen LogP contribution in [0.15, 0.2) is 48.5 Å². The third-order valence-corrected chi connectivity index (χ3v) is 5.60. The molecule has 0 radical (unpaired) electrons. The van der Waals surface area contributed by atoms with Crippen molar-refractivity contribution in [1.82, 2.24) is 5.32 Å². The van der Waals surface area contributed by atoms with E-state index in [4.69, 9.17) is 9.47 Å². The van der Waals surface area contributed by atoms with Gasteiger partial charge in [0, 0.05) is 22.9 Å². The fourth-order valence-electron chi connectivity index (χ4n) is 3.77. The fourth-order valence-corrected chi connectivity index (χ4v) is 3.77. The Labute approximate surface area is 204 Å². The minimum absolute atomic E-state index is 0.0501. The number of carbonyl (C=O) groups is 4. The molecule has 9 nitrogen and oxygen atoms in total. The fraction of sp³-hybridized carbons (Fsp3) is 0.385. The summed E-state index contributed by atoms with van der Waals surface area (Å²) in [7, 11) is 0. The first-order valence-corrected chi connectivity index (χ1v) is 11.8. The number of benzene rings is 2. The van der Waals surface area contributed by atoms with Crippen molar-refractivity contribution < 1.29 is 28.7 Å². The van der Waals surface area contributed by atoms with Crippen LogP contribution in [-0.2, 0) is 19.1 Å². The van der Waals surface area contributed by atoms with Crippen LogP contribution < -0.4 is 20.7 Å². The molecule has 35 heavy (non-hydrogen) atoms. The normalized spacial score (nSPS) is 13.4. The van der Waals surface area contributed by atoms with E-state index in [-0.39, 0.29) is 24.3 Å². The molecule has 9 heteroatoms. The quantitative estimate of drug-likeness (QED) is 0.446. The van der Waals surface area contributed by atoms with Gasteiger partial charge < -0.3 is 25.4 Å². The first-order chi connectivity index (χ1) is 16.9. The van der Waals surface area contributed by atoms with Gasteiger partial charge in [0.05, 0.1) is 6.61 Å². The molecule has 0 bridgehead atoms. The number of hydrogen-bond donors (Lipinski definition) is 3. The molecule has 3 rings (SSSR count). The van der Waals surface area contributed by atoms with E-state index in [1.807, 2.05) is 6.92 Å². The summed E-state index contributed by atoms with van der Waals surface area (Å²) >= 11 is 0. The van der Waals surface area contributed by atoms with Gasteiger partial charge in [-0.1, -0.05) is 19.3 Å². The highest BCUT2D eigenvalue weighted by molar-refractivity contribution is 6.04. The zero-order chi connectivity index (χ0) is 25.0. The lowest BCUT2D eigenvalue weighted by molar-refractivity contribution is -0.147. The van der Waals surface area contributed by atoms with Gasteiger partial charge >= 0.3 is 5.97 Å². The molecule has 0 spiro atoms. The van der Waals surface area contributed by atoms with Crippen LogP contribution in [0.2, 0.25) is 0 Å². The van der Waals surface area contributed by atoms with Crippen molar-refractivity contribution in [3.63, 3.8) is 0 Å². The van der Waals surface area contributed by atoms with Gasteiger partial charge in [0.1, 0.15) is 12.3 Å². The number of ether oxygens (including phenoxy) is 2.